The maximum Gasteiger partial charge on any atom is 0.167 e. The van der Waals surface area contributed by atoms with Gasteiger partial charge in [0.15, 0.2) is 5.58 Å². The van der Waals surface area contributed by atoms with Gasteiger partial charge in [0.2, 0.25) is 0 Å². The molecule has 1 N–H and O–H groups in total. The Balaban J connectivity index is 1.45. The third-order valence-electron chi connectivity index (χ3n) is 4.49. The highest BCUT2D eigenvalue weighted by Gasteiger charge is 2.08. The lowest BCUT2D eigenvalue weighted by Gasteiger charge is -2.11. The Kier molecular flexibility index (Phi) is 4.07. The van der Waals surface area contributed by atoms with Gasteiger partial charge in [0, 0.05) is 36.6 Å². The van der Waals surface area contributed by atoms with E-state index in [1.54, 1.807) is 0 Å². The summed E-state index contributed by atoms with van der Waals surface area (Å²) in [5.74, 6) is 0.989. The average Bonchev–Trinajstić information content (AvgIpc) is 3.23. The summed E-state index contributed by atoms with van der Waals surface area (Å²) < 4.78 is 7.43. The van der Waals surface area contributed by atoms with Gasteiger partial charge in [-0.25, -0.2) is 4.98 Å². The normalized spacial score (nSPS) is 11.3. The fraction of sp³-hybridized carbons (Fsp3) is 0.200. The molecule has 2 aromatic carbocycles. The number of imidazole rings is 1. The van der Waals surface area contributed by atoms with Crippen molar-refractivity contribution in [3.8, 4) is 5.69 Å². The van der Waals surface area contributed by atoms with Crippen LogP contribution in [0.5, 0.6) is 0 Å². The Morgan fingerprint density at radius 2 is 1.96 bits per heavy atom. The second-order valence-corrected chi connectivity index (χ2v) is 6.18. The summed E-state index contributed by atoms with van der Waals surface area (Å²) >= 11 is 0. The predicted octanol–water partition coefficient (Wildman–Crippen LogP) is 3.92. The van der Waals surface area contributed by atoms with E-state index in [9.17, 15) is 0 Å². The Labute approximate surface area is 146 Å². The van der Waals surface area contributed by atoms with Crippen molar-refractivity contribution in [2.45, 2.75) is 26.9 Å². The van der Waals surface area contributed by atoms with Crippen LogP contribution in [-0.2, 0) is 13.1 Å². The molecule has 0 unspecified atom stereocenters. The molecule has 0 aliphatic carbocycles. The molecule has 4 rings (SSSR count). The molecule has 0 bridgehead atoms. The number of fused-ring (bicyclic) bond motifs is 1. The third kappa shape index (κ3) is 3.06. The fourth-order valence-corrected chi connectivity index (χ4v) is 3.06. The maximum atomic E-state index is 5.35. The molecule has 0 spiro atoms. The summed E-state index contributed by atoms with van der Waals surface area (Å²) in [6.07, 6.45) is 3.81. The number of para-hydroxylation sites is 1. The van der Waals surface area contributed by atoms with E-state index in [0.29, 0.717) is 6.54 Å². The molecule has 0 saturated heterocycles. The maximum absolute atomic E-state index is 5.35. The van der Waals surface area contributed by atoms with E-state index >= 15 is 0 Å². The Morgan fingerprint density at radius 3 is 2.76 bits per heavy atom. The van der Waals surface area contributed by atoms with Gasteiger partial charge in [-0.3, -0.25) is 0 Å². The number of benzene rings is 2. The van der Waals surface area contributed by atoms with Crippen molar-refractivity contribution in [1.82, 2.24) is 20.0 Å². The average molecular weight is 332 g/mol. The number of hydrogen-bond donors (Lipinski definition) is 1. The second kappa shape index (κ2) is 6.53. The Morgan fingerprint density at radius 1 is 1.08 bits per heavy atom. The van der Waals surface area contributed by atoms with Gasteiger partial charge in [-0.05, 0) is 49.2 Å². The van der Waals surface area contributed by atoms with Gasteiger partial charge in [0.25, 0.3) is 0 Å². The number of aromatic nitrogens is 3. The molecule has 25 heavy (non-hydrogen) atoms. The van der Waals surface area contributed by atoms with E-state index in [-0.39, 0.29) is 0 Å². The van der Waals surface area contributed by atoms with Crippen molar-refractivity contribution in [3.63, 3.8) is 0 Å². The first kappa shape index (κ1) is 15.6. The van der Waals surface area contributed by atoms with Crippen molar-refractivity contribution in [2.75, 3.05) is 0 Å². The fourth-order valence-electron chi connectivity index (χ4n) is 3.06. The van der Waals surface area contributed by atoms with Crippen molar-refractivity contribution >= 4 is 11.0 Å². The molecule has 0 radical (unpaired) electrons. The van der Waals surface area contributed by atoms with Crippen LogP contribution in [-0.4, -0.2) is 14.7 Å². The first-order valence-corrected chi connectivity index (χ1v) is 8.36. The molecule has 0 atom stereocenters. The molecule has 4 aromatic rings. The summed E-state index contributed by atoms with van der Waals surface area (Å²) in [4.78, 5) is 4.28. The number of rotatable bonds is 5. The summed E-state index contributed by atoms with van der Waals surface area (Å²) in [6, 6.07) is 14.4. The molecule has 126 valence electrons. The van der Waals surface area contributed by atoms with E-state index in [0.717, 1.165) is 34.7 Å². The molecule has 2 heterocycles. The highest BCUT2D eigenvalue weighted by Crippen LogP contribution is 2.19. The van der Waals surface area contributed by atoms with Crippen LogP contribution in [0.25, 0.3) is 16.7 Å². The van der Waals surface area contributed by atoms with Crippen LogP contribution in [0.2, 0.25) is 0 Å². The van der Waals surface area contributed by atoms with Gasteiger partial charge in [-0.2, -0.15) is 0 Å². The quantitative estimate of drug-likeness (QED) is 0.602. The van der Waals surface area contributed by atoms with Gasteiger partial charge in [0.05, 0.1) is 0 Å². The molecule has 5 nitrogen and oxygen atoms in total. The molecule has 0 aliphatic rings. The SMILES string of the molecule is Cc1cc(-n2ccnc2C)ccc1CNCc1noc2ccccc12. The zero-order valence-corrected chi connectivity index (χ0v) is 14.4. The van der Waals surface area contributed by atoms with Crippen LogP contribution in [0.1, 0.15) is 22.6 Å². The monoisotopic (exact) mass is 332 g/mol. The lowest BCUT2D eigenvalue weighted by Crippen LogP contribution is -2.14. The number of nitrogens with one attached hydrogen (secondary N) is 1. The molecule has 0 amide bonds. The largest absolute Gasteiger partial charge is 0.356 e. The van der Waals surface area contributed by atoms with Crippen molar-refractivity contribution in [1.29, 1.82) is 0 Å². The first-order valence-electron chi connectivity index (χ1n) is 8.36. The molecule has 2 aromatic heterocycles. The van der Waals surface area contributed by atoms with Gasteiger partial charge in [-0.15, -0.1) is 0 Å². The standard InChI is InChI=1S/C20H20N4O/c1-14-11-17(24-10-9-22-15(24)2)8-7-16(14)12-21-13-19-18-5-3-4-6-20(18)25-23-19/h3-11,21H,12-13H2,1-2H3. The van der Waals surface area contributed by atoms with Crippen molar-refractivity contribution < 1.29 is 4.52 Å². The van der Waals surface area contributed by atoms with E-state index < -0.39 is 0 Å². The smallest absolute Gasteiger partial charge is 0.167 e. The van der Waals surface area contributed by atoms with Gasteiger partial charge >= 0.3 is 0 Å². The minimum Gasteiger partial charge on any atom is -0.356 e. The van der Waals surface area contributed by atoms with E-state index in [1.807, 2.05) is 43.6 Å². The lowest BCUT2D eigenvalue weighted by molar-refractivity contribution is 0.441. The van der Waals surface area contributed by atoms with E-state index in [2.05, 4.69) is 45.1 Å². The number of aryl methyl sites for hydroxylation is 2. The van der Waals surface area contributed by atoms with Crippen LogP contribution < -0.4 is 5.32 Å². The minimum absolute atomic E-state index is 0.679. The second-order valence-electron chi connectivity index (χ2n) is 6.18. The highest BCUT2D eigenvalue weighted by atomic mass is 16.5. The highest BCUT2D eigenvalue weighted by molar-refractivity contribution is 5.79. The summed E-state index contributed by atoms with van der Waals surface area (Å²) in [5, 5.41) is 8.69. The molecular weight excluding hydrogens is 312 g/mol. The number of nitrogens with zero attached hydrogens (tertiary/aromatic N) is 3. The van der Waals surface area contributed by atoms with Gasteiger partial charge in [-0.1, -0.05) is 23.4 Å². The van der Waals surface area contributed by atoms with Crippen LogP contribution in [0, 0.1) is 13.8 Å². The first-order chi connectivity index (χ1) is 12.2. The molecule has 0 aliphatic heterocycles. The van der Waals surface area contributed by atoms with Crippen molar-refractivity contribution in [2.24, 2.45) is 0 Å². The van der Waals surface area contributed by atoms with E-state index in [1.165, 1.54) is 11.1 Å². The zero-order chi connectivity index (χ0) is 17.2. The predicted molar refractivity (Wildman–Crippen MR) is 97.6 cm³/mol. The van der Waals surface area contributed by atoms with Crippen LogP contribution in [0.4, 0.5) is 0 Å². The Bertz CT molecular complexity index is 1020. The third-order valence-corrected chi connectivity index (χ3v) is 4.49. The van der Waals surface area contributed by atoms with Crippen LogP contribution in [0.3, 0.4) is 0 Å². The topological polar surface area (TPSA) is 55.9 Å². The zero-order valence-electron chi connectivity index (χ0n) is 14.4. The van der Waals surface area contributed by atoms with Crippen molar-refractivity contribution in [3.05, 3.63) is 77.5 Å². The summed E-state index contributed by atoms with van der Waals surface area (Å²) in [7, 11) is 0. The summed E-state index contributed by atoms with van der Waals surface area (Å²) in [5.41, 5.74) is 5.44. The van der Waals surface area contributed by atoms with E-state index in [4.69, 9.17) is 4.52 Å². The molecule has 0 saturated carbocycles. The lowest BCUT2D eigenvalue weighted by atomic mass is 10.1. The molecule has 0 fully saturated rings. The number of hydrogen-bond acceptors (Lipinski definition) is 4. The van der Waals surface area contributed by atoms with Gasteiger partial charge in [0.1, 0.15) is 11.5 Å². The van der Waals surface area contributed by atoms with Gasteiger partial charge < -0.3 is 14.4 Å². The van der Waals surface area contributed by atoms with Crippen LogP contribution in [0.15, 0.2) is 59.4 Å². The molecule has 5 heteroatoms. The minimum atomic E-state index is 0.679. The molecular formula is C20H20N4O. The van der Waals surface area contributed by atoms with Crippen LogP contribution >= 0.6 is 0 Å². The summed E-state index contributed by atoms with van der Waals surface area (Å²) in [6.45, 7) is 5.61. The Hall–Kier alpha value is -2.92.